The van der Waals surface area contributed by atoms with E-state index in [1.165, 1.54) is 19.2 Å². The SMILES string of the molecule is CCCc1cc(C(=O)O)cc(O)c1OC(=O)c1c(O)cc(OC)cc1CCC. The molecular weight excluding hydrogens is 364 g/mol. The lowest BCUT2D eigenvalue weighted by atomic mass is 10.0. The van der Waals surface area contributed by atoms with Crippen molar-refractivity contribution in [3.8, 4) is 23.0 Å². The molecule has 0 heterocycles. The van der Waals surface area contributed by atoms with E-state index in [1.807, 2.05) is 13.8 Å². The summed E-state index contributed by atoms with van der Waals surface area (Å²) < 4.78 is 10.5. The van der Waals surface area contributed by atoms with Crippen LogP contribution in [0.3, 0.4) is 0 Å². The first-order chi connectivity index (χ1) is 13.3. The number of carbonyl (C=O) groups excluding carboxylic acids is 1. The van der Waals surface area contributed by atoms with Gasteiger partial charge in [0.15, 0.2) is 11.5 Å². The van der Waals surface area contributed by atoms with Gasteiger partial charge in [-0.15, -0.1) is 0 Å². The monoisotopic (exact) mass is 388 g/mol. The predicted octanol–water partition coefficient (Wildman–Crippen LogP) is 3.93. The molecule has 0 bridgehead atoms. The Labute approximate surface area is 163 Å². The number of phenolic OH excluding ortho intramolecular Hbond substituents is 2. The van der Waals surface area contributed by atoms with Crippen molar-refractivity contribution in [1.82, 2.24) is 0 Å². The first-order valence-corrected chi connectivity index (χ1v) is 9.03. The van der Waals surface area contributed by atoms with Crippen LogP contribution in [0.4, 0.5) is 0 Å². The van der Waals surface area contributed by atoms with Crippen molar-refractivity contribution in [2.45, 2.75) is 39.5 Å². The van der Waals surface area contributed by atoms with Crippen LogP contribution in [0.1, 0.15) is 58.5 Å². The molecule has 0 radical (unpaired) electrons. The molecule has 2 rings (SSSR count). The molecule has 0 atom stereocenters. The Balaban J connectivity index is 2.49. The standard InChI is InChI=1S/C21H24O7/c1-4-6-12-9-15(27-3)11-16(22)18(12)21(26)28-19-13(7-5-2)8-14(20(24)25)10-17(19)23/h8-11,22-23H,4-7H2,1-3H3,(H,24,25). The highest BCUT2D eigenvalue weighted by atomic mass is 16.5. The van der Waals surface area contributed by atoms with E-state index in [4.69, 9.17) is 9.47 Å². The molecule has 28 heavy (non-hydrogen) atoms. The summed E-state index contributed by atoms with van der Waals surface area (Å²) in [6.45, 7) is 3.81. The molecule has 0 fully saturated rings. The molecule has 0 saturated carbocycles. The van der Waals surface area contributed by atoms with Crippen molar-refractivity contribution in [2.75, 3.05) is 7.11 Å². The van der Waals surface area contributed by atoms with Gasteiger partial charge >= 0.3 is 11.9 Å². The van der Waals surface area contributed by atoms with Gasteiger partial charge < -0.3 is 24.8 Å². The lowest BCUT2D eigenvalue weighted by Crippen LogP contribution is -2.14. The molecule has 0 saturated heterocycles. The largest absolute Gasteiger partial charge is 0.507 e. The summed E-state index contributed by atoms with van der Waals surface area (Å²) >= 11 is 0. The zero-order chi connectivity index (χ0) is 20.8. The van der Waals surface area contributed by atoms with Gasteiger partial charge in [0.25, 0.3) is 0 Å². The lowest BCUT2D eigenvalue weighted by molar-refractivity contribution is 0.0696. The van der Waals surface area contributed by atoms with E-state index in [0.717, 1.165) is 12.5 Å². The number of carboxylic acids is 1. The summed E-state index contributed by atoms with van der Waals surface area (Å²) in [5.41, 5.74) is 0.854. The van der Waals surface area contributed by atoms with Gasteiger partial charge in [-0.1, -0.05) is 26.7 Å². The molecule has 0 aliphatic heterocycles. The average molecular weight is 388 g/mol. The zero-order valence-electron chi connectivity index (χ0n) is 16.1. The minimum atomic E-state index is -1.19. The fraction of sp³-hybridized carbons (Fsp3) is 0.333. The fourth-order valence-electron chi connectivity index (χ4n) is 2.99. The van der Waals surface area contributed by atoms with Crippen LogP contribution in [0.5, 0.6) is 23.0 Å². The van der Waals surface area contributed by atoms with Crippen molar-refractivity contribution >= 4 is 11.9 Å². The molecule has 2 aromatic rings. The predicted molar refractivity (Wildman–Crippen MR) is 103 cm³/mol. The number of methoxy groups -OCH3 is 1. The Morgan fingerprint density at radius 3 is 2.14 bits per heavy atom. The summed E-state index contributed by atoms with van der Waals surface area (Å²) in [7, 11) is 1.46. The van der Waals surface area contributed by atoms with Crippen molar-refractivity contribution < 1.29 is 34.4 Å². The van der Waals surface area contributed by atoms with E-state index in [1.54, 1.807) is 6.07 Å². The third kappa shape index (κ3) is 4.54. The van der Waals surface area contributed by atoms with Gasteiger partial charge in [0.1, 0.15) is 17.1 Å². The molecule has 2 aromatic carbocycles. The van der Waals surface area contributed by atoms with Crippen LogP contribution in [0.2, 0.25) is 0 Å². The minimum absolute atomic E-state index is 0.00758. The molecule has 150 valence electrons. The summed E-state index contributed by atoms with van der Waals surface area (Å²) in [5.74, 6) is -2.44. The molecular formula is C21H24O7. The molecule has 7 nitrogen and oxygen atoms in total. The third-order valence-corrected chi connectivity index (χ3v) is 4.24. The van der Waals surface area contributed by atoms with Crippen LogP contribution in [-0.4, -0.2) is 34.4 Å². The second-order valence-corrected chi connectivity index (χ2v) is 6.36. The molecule has 0 unspecified atom stereocenters. The number of aryl methyl sites for hydroxylation is 2. The number of carboxylic acid groups (broad SMARTS) is 1. The summed E-state index contributed by atoms with van der Waals surface area (Å²) in [5, 5.41) is 29.7. The van der Waals surface area contributed by atoms with E-state index in [0.29, 0.717) is 36.1 Å². The van der Waals surface area contributed by atoms with Crippen LogP contribution < -0.4 is 9.47 Å². The highest BCUT2D eigenvalue weighted by molar-refractivity contribution is 5.96. The van der Waals surface area contributed by atoms with Gasteiger partial charge in [-0.25, -0.2) is 9.59 Å². The van der Waals surface area contributed by atoms with Crippen LogP contribution >= 0.6 is 0 Å². The smallest absolute Gasteiger partial charge is 0.347 e. The van der Waals surface area contributed by atoms with Crippen molar-refractivity contribution in [1.29, 1.82) is 0 Å². The van der Waals surface area contributed by atoms with Crippen LogP contribution in [0.25, 0.3) is 0 Å². The highest BCUT2D eigenvalue weighted by Gasteiger charge is 2.23. The van der Waals surface area contributed by atoms with Crippen molar-refractivity contribution in [2.24, 2.45) is 0 Å². The topological polar surface area (TPSA) is 113 Å². The van der Waals surface area contributed by atoms with Gasteiger partial charge in [0.05, 0.1) is 12.7 Å². The van der Waals surface area contributed by atoms with Gasteiger partial charge in [-0.2, -0.15) is 0 Å². The number of rotatable bonds is 8. The zero-order valence-corrected chi connectivity index (χ0v) is 16.1. The van der Waals surface area contributed by atoms with E-state index in [-0.39, 0.29) is 22.6 Å². The molecule has 0 aliphatic carbocycles. The second-order valence-electron chi connectivity index (χ2n) is 6.36. The van der Waals surface area contributed by atoms with E-state index in [9.17, 15) is 24.9 Å². The number of benzene rings is 2. The first-order valence-electron chi connectivity index (χ1n) is 9.03. The molecule has 0 aromatic heterocycles. The number of aromatic carboxylic acids is 1. The fourth-order valence-corrected chi connectivity index (χ4v) is 2.99. The quantitative estimate of drug-likeness (QED) is 0.464. The highest BCUT2D eigenvalue weighted by Crippen LogP contribution is 2.36. The summed E-state index contributed by atoms with van der Waals surface area (Å²) in [6, 6.07) is 5.37. The van der Waals surface area contributed by atoms with Crippen molar-refractivity contribution in [3.63, 3.8) is 0 Å². The molecule has 0 amide bonds. The summed E-state index contributed by atoms with van der Waals surface area (Å²) in [4.78, 5) is 24.0. The average Bonchev–Trinajstić information content (AvgIpc) is 2.64. The van der Waals surface area contributed by atoms with Crippen molar-refractivity contribution in [3.05, 3.63) is 46.5 Å². The maximum atomic E-state index is 12.8. The van der Waals surface area contributed by atoms with Gasteiger partial charge in [0, 0.05) is 6.07 Å². The number of esters is 1. The number of hydrogen-bond donors (Lipinski definition) is 3. The van der Waals surface area contributed by atoms with Gasteiger partial charge in [-0.3, -0.25) is 0 Å². The Kier molecular flexibility index (Phi) is 6.87. The number of ether oxygens (including phenoxy) is 2. The lowest BCUT2D eigenvalue weighted by Gasteiger charge is -2.15. The van der Waals surface area contributed by atoms with E-state index < -0.39 is 17.7 Å². The van der Waals surface area contributed by atoms with Crippen LogP contribution in [0.15, 0.2) is 24.3 Å². The molecule has 7 heteroatoms. The molecule has 0 spiro atoms. The first kappa shape index (κ1) is 21.1. The van der Waals surface area contributed by atoms with E-state index >= 15 is 0 Å². The Hall–Kier alpha value is -3.22. The maximum absolute atomic E-state index is 12.8. The number of phenols is 2. The maximum Gasteiger partial charge on any atom is 0.347 e. The Bertz CT molecular complexity index is 887. The second kappa shape index (κ2) is 9.12. The van der Waals surface area contributed by atoms with E-state index in [2.05, 4.69) is 0 Å². The van der Waals surface area contributed by atoms with Crippen LogP contribution in [0, 0.1) is 0 Å². The normalized spacial score (nSPS) is 10.5. The Morgan fingerprint density at radius 1 is 0.929 bits per heavy atom. The Morgan fingerprint density at radius 2 is 1.57 bits per heavy atom. The van der Waals surface area contributed by atoms with Crippen LogP contribution in [-0.2, 0) is 12.8 Å². The number of hydrogen-bond acceptors (Lipinski definition) is 6. The molecule has 3 N–H and O–H groups in total. The number of aromatic hydroxyl groups is 2. The number of carbonyl (C=O) groups is 2. The van der Waals surface area contributed by atoms with Gasteiger partial charge in [-0.05, 0) is 42.2 Å². The summed E-state index contributed by atoms with van der Waals surface area (Å²) in [6.07, 6.45) is 2.31. The minimum Gasteiger partial charge on any atom is -0.507 e. The molecule has 0 aliphatic rings. The third-order valence-electron chi connectivity index (χ3n) is 4.24. The van der Waals surface area contributed by atoms with Gasteiger partial charge in [0.2, 0.25) is 0 Å².